The van der Waals surface area contributed by atoms with Gasteiger partial charge in [0.05, 0.1) is 11.1 Å². The monoisotopic (exact) mass is 268 g/mol. The molecule has 2 aromatic rings. The van der Waals surface area contributed by atoms with E-state index in [2.05, 4.69) is 11.1 Å². The van der Waals surface area contributed by atoms with Crippen molar-refractivity contribution in [3.63, 3.8) is 0 Å². The molecule has 4 nitrogen and oxygen atoms in total. The predicted molar refractivity (Wildman–Crippen MR) is 77.9 cm³/mol. The molecule has 4 heteroatoms. The summed E-state index contributed by atoms with van der Waals surface area (Å²) in [4.78, 5) is 14.7. The first-order chi connectivity index (χ1) is 9.40. The highest BCUT2D eigenvalue weighted by atomic mass is 16.6. The zero-order valence-electron chi connectivity index (χ0n) is 11.7. The quantitative estimate of drug-likeness (QED) is 0.670. The van der Waals surface area contributed by atoms with Crippen LogP contribution >= 0.6 is 0 Å². The molecule has 102 valence electrons. The van der Waals surface area contributed by atoms with Gasteiger partial charge in [-0.25, -0.2) is 4.79 Å². The summed E-state index contributed by atoms with van der Waals surface area (Å²) in [5, 5.41) is 9.93. The van der Waals surface area contributed by atoms with Crippen LogP contribution < -0.4 is 0 Å². The number of hydrogen-bond acceptors (Lipinski definition) is 3. The number of para-hydroxylation sites is 1. The minimum Gasteiger partial charge on any atom is -0.457 e. The van der Waals surface area contributed by atoms with Gasteiger partial charge in [-0.3, -0.25) is 0 Å². The Bertz CT molecular complexity index is 712. The van der Waals surface area contributed by atoms with Crippen LogP contribution in [0.1, 0.15) is 31.9 Å². The molecule has 0 aliphatic rings. The lowest BCUT2D eigenvalue weighted by atomic mass is 10.1. The zero-order chi connectivity index (χ0) is 14.8. The molecule has 20 heavy (non-hydrogen) atoms. The second-order valence-corrected chi connectivity index (χ2v) is 5.45. The third-order valence-electron chi connectivity index (χ3n) is 2.67. The molecule has 0 radical (unpaired) electrons. The third-order valence-corrected chi connectivity index (χ3v) is 2.67. The van der Waals surface area contributed by atoms with E-state index in [9.17, 15) is 4.79 Å². The lowest BCUT2D eigenvalue weighted by Gasteiger charge is -2.17. The SMILES string of the molecule is CC(C)(C)OC(=O)/C=C/c1c[nH]c2c(C#N)cccc12. The lowest BCUT2D eigenvalue weighted by molar-refractivity contribution is -0.148. The Balaban J connectivity index is 2.27. The van der Waals surface area contributed by atoms with Crippen LogP contribution in [0.25, 0.3) is 17.0 Å². The zero-order valence-corrected chi connectivity index (χ0v) is 11.7. The number of carbonyl (C=O) groups is 1. The van der Waals surface area contributed by atoms with E-state index in [0.29, 0.717) is 5.56 Å². The van der Waals surface area contributed by atoms with Crippen molar-refractivity contribution >= 4 is 22.9 Å². The first-order valence-electron chi connectivity index (χ1n) is 6.32. The van der Waals surface area contributed by atoms with Gasteiger partial charge in [0.25, 0.3) is 0 Å². The molecule has 0 aliphatic heterocycles. The summed E-state index contributed by atoms with van der Waals surface area (Å²) < 4.78 is 5.20. The normalized spacial score (nSPS) is 11.7. The molecule has 0 saturated carbocycles. The molecule has 1 heterocycles. The number of hydrogen-bond donors (Lipinski definition) is 1. The standard InChI is InChI=1S/C16H16N2O2/c1-16(2,3)20-14(19)8-7-12-10-18-15-11(9-17)5-4-6-13(12)15/h4-8,10,18H,1-3H3/b8-7+. The Morgan fingerprint density at radius 3 is 2.80 bits per heavy atom. The number of carbonyl (C=O) groups excluding carboxylic acids is 1. The Hall–Kier alpha value is -2.54. The molecule has 2 rings (SSSR count). The maximum absolute atomic E-state index is 11.6. The van der Waals surface area contributed by atoms with E-state index in [0.717, 1.165) is 16.5 Å². The minimum absolute atomic E-state index is 0.386. The number of rotatable bonds is 2. The minimum atomic E-state index is -0.504. The summed E-state index contributed by atoms with van der Waals surface area (Å²) in [5.41, 5.74) is 1.71. The number of ether oxygens (including phenoxy) is 1. The Labute approximate surface area is 117 Å². The van der Waals surface area contributed by atoms with Crippen LogP contribution in [0.5, 0.6) is 0 Å². The summed E-state index contributed by atoms with van der Waals surface area (Å²) in [5.74, 6) is -0.386. The Kier molecular flexibility index (Phi) is 3.62. The highest BCUT2D eigenvalue weighted by Crippen LogP contribution is 2.22. The number of nitrogens with one attached hydrogen (secondary N) is 1. The summed E-state index contributed by atoms with van der Waals surface area (Å²) in [6.45, 7) is 5.47. The van der Waals surface area contributed by atoms with Crippen molar-refractivity contribution in [3.8, 4) is 6.07 Å². The molecule has 0 bridgehead atoms. The number of nitriles is 1. The van der Waals surface area contributed by atoms with Gasteiger partial charge in [-0.2, -0.15) is 5.26 Å². The topological polar surface area (TPSA) is 65.9 Å². The molecule has 0 fully saturated rings. The van der Waals surface area contributed by atoms with Crippen LogP contribution in [0.4, 0.5) is 0 Å². The van der Waals surface area contributed by atoms with Crippen LogP contribution in [0.3, 0.4) is 0 Å². The van der Waals surface area contributed by atoms with Gasteiger partial charge in [-0.05, 0) is 32.9 Å². The van der Waals surface area contributed by atoms with E-state index in [1.807, 2.05) is 32.9 Å². The number of aromatic amines is 1. The molecule has 1 N–H and O–H groups in total. The second kappa shape index (κ2) is 5.22. The van der Waals surface area contributed by atoms with Gasteiger partial charge >= 0.3 is 5.97 Å². The number of benzene rings is 1. The van der Waals surface area contributed by atoms with E-state index in [1.54, 1.807) is 18.3 Å². The number of nitrogens with zero attached hydrogens (tertiary/aromatic N) is 1. The van der Waals surface area contributed by atoms with Crippen LogP contribution in [0.2, 0.25) is 0 Å². The van der Waals surface area contributed by atoms with Gasteiger partial charge in [0.2, 0.25) is 0 Å². The first kappa shape index (κ1) is 13.9. The van der Waals surface area contributed by atoms with Crippen molar-refractivity contribution in [2.24, 2.45) is 0 Å². The van der Waals surface area contributed by atoms with Gasteiger partial charge in [0, 0.05) is 23.2 Å². The van der Waals surface area contributed by atoms with Gasteiger partial charge in [0.1, 0.15) is 11.7 Å². The fraction of sp³-hybridized carbons (Fsp3) is 0.250. The maximum Gasteiger partial charge on any atom is 0.331 e. The fourth-order valence-electron chi connectivity index (χ4n) is 1.90. The van der Waals surface area contributed by atoms with Crippen LogP contribution in [0, 0.1) is 11.3 Å². The molecule has 0 spiro atoms. The Morgan fingerprint density at radius 1 is 1.40 bits per heavy atom. The summed E-state index contributed by atoms with van der Waals surface area (Å²) in [7, 11) is 0. The van der Waals surface area contributed by atoms with E-state index in [1.165, 1.54) is 6.08 Å². The van der Waals surface area contributed by atoms with E-state index in [-0.39, 0.29) is 5.97 Å². The summed E-state index contributed by atoms with van der Waals surface area (Å²) in [6.07, 6.45) is 4.85. The van der Waals surface area contributed by atoms with Gasteiger partial charge in [-0.1, -0.05) is 12.1 Å². The highest BCUT2D eigenvalue weighted by molar-refractivity contribution is 5.96. The van der Waals surface area contributed by atoms with Crippen molar-refractivity contribution in [2.75, 3.05) is 0 Å². The molecular formula is C16H16N2O2. The number of aromatic nitrogens is 1. The van der Waals surface area contributed by atoms with Crippen LogP contribution in [0.15, 0.2) is 30.5 Å². The van der Waals surface area contributed by atoms with E-state index in [4.69, 9.17) is 10.00 Å². The molecule has 0 amide bonds. The van der Waals surface area contributed by atoms with Crippen molar-refractivity contribution in [1.29, 1.82) is 5.26 Å². The lowest BCUT2D eigenvalue weighted by Crippen LogP contribution is -2.22. The van der Waals surface area contributed by atoms with Crippen molar-refractivity contribution in [1.82, 2.24) is 4.98 Å². The molecule has 0 aliphatic carbocycles. The van der Waals surface area contributed by atoms with Crippen molar-refractivity contribution in [3.05, 3.63) is 41.6 Å². The summed E-state index contributed by atoms with van der Waals surface area (Å²) in [6, 6.07) is 7.61. The number of H-pyrrole nitrogens is 1. The first-order valence-corrected chi connectivity index (χ1v) is 6.32. The largest absolute Gasteiger partial charge is 0.457 e. The van der Waals surface area contributed by atoms with Crippen molar-refractivity contribution in [2.45, 2.75) is 26.4 Å². The third kappa shape index (κ3) is 3.07. The molecule has 1 aromatic heterocycles. The molecule has 0 saturated heterocycles. The van der Waals surface area contributed by atoms with Crippen LogP contribution in [-0.2, 0) is 9.53 Å². The Morgan fingerprint density at radius 2 is 2.15 bits per heavy atom. The van der Waals surface area contributed by atoms with E-state index < -0.39 is 5.60 Å². The second-order valence-electron chi connectivity index (χ2n) is 5.45. The smallest absolute Gasteiger partial charge is 0.331 e. The van der Waals surface area contributed by atoms with Gasteiger partial charge in [-0.15, -0.1) is 0 Å². The fourth-order valence-corrected chi connectivity index (χ4v) is 1.90. The van der Waals surface area contributed by atoms with Crippen LogP contribution in [-0.4, -0.2) is 16.6 Å². The average molecular weight is 268 g/mol. The molecule has 1 aromatic carbocycles. The summed E-state index contributed by atoms with van der Waals surface area (Å²) >= 11 is 0. The van der Waals surface area contributed by atoms with E-state index >= 15 is 0 Å². The molecule has 0 unspecified atom stereocenters. The molecular weight excluding hydrogens is 252 g/mol. The predicted octanol–water partition coefficient (Wildman–Crippen LogP) is 3.39. The number of fused-ring (bicyclic) bond motifs is 1. The van der Waals surface area contributed by atoms with Crippen molar-refractivity contribution < 1.29 is 9.53 Å². The maximum atomic E-state index is 11.6. The average Bonchev–Trinajstić information content (AvgIpc) is 2.77. The highest BCUT2D eigenvalue weighted by Gasteiger charge is 2.14. The number of esters is 1. The molecule has 0 atom stereocenters. The van der Waals surface area contributed by atoms with Gasteiger partial charge < -0.3 is 9.72 Å². The van der Waals surface area contributed by atoms with Gasteiger partial charge in [0.15, 0.2) is 0 Å².